The molecule has 5 rings (SSSR count). The molecule has 1 spiro atoms. The Morgan fingerprint density at radius 3 is 2.51 bits per heavy atom. The third-order valence-corrected chi connectivity index (χ3v) is 10.00. The first-order valence-corrected chi connectivity index (χ1v) is 13.1. The number of amides is 3. The summed E-state index contributed by atoms with van der Waals surface area (Å²) in [6, 6.07) is 4.03. The molecule has 0 aromatic heterocycles. The number of rotatable bonds is 3. The molecule has 2 fully saturated rings. The molecule has 4 aliphatic rings. The van der Waals surface area contributed by atoms with Crippen molar-refractivity contribution in [2.24, 2.45) is 11.8 Å². The van der Waals surface area contributed by atoms with Crippen LogP contribution in [-0.2, 0) is 14.4 Å². The van der Waals surface area contributed by atoms with E-state index < -0.39 is 33.4 Å². The van der Waals surface area contributed by atoms with Crippen LogP contribution >= 0.6 is 23.4 Å². The predicted octanol–water partition coefficient (Wildman–Crippen LogP) is 2.65. The van der Waals surface area contributed by atoms with Gasteiger partial charge in [-0.05, 0) is 32.4 Å². The Hall–Kier alpha value is -2.29. The summed E-state index contributed by atoms with van der Waals surface area (Å²) in [4.78, 5) is 46.9. The Balaban J connectivity index is 1.70. The highest BCUT2D eigenvalue weighted by Crippen LogP contribution is 2.65. The molecule has 1 aromatic carbocycles. The fraction of sp³-hybridized carbons (Fsp3) is 0.500. The van der Waals surface area contributed by atoms with E-state index in [0.717, 1.165) is 5.56 Å². The van der Waals surface area contributed by atoms with Crippen molar-refractivity contribution in [1.82, 2.24) is 9.80 Å². The number of likely N-dealkylation sites (tertiary alicyclic amines) is 1. The van der Waals surface area contributed by atoms with Gasteiger partial charge in [0.05, 0.1) is 39.9 Å². The number of hydrogen-bond donors (Lipinski definition) is 1. The fourth-order valence-electron chi connectivity index (χ4n) is 6.31. The Morgan fingerprint density at radius 1 is 1.11 bits per heavy atom. The quantitative estimate of drug-likeness (QED) is 0.626. The van der Waals surface area contributed by atoms with E-state index in [1.807, 2.05) is 50.3 Å². The van der Waals surface area contributed by atoms with E-state index in [-0.39, 0.29) is 24.3 Å². The molecule has 186 valence electrons. The second-order valence-electron chi connectivity index (χ2n) is 10.2. The monoisotopic (exact) mass is 515 g/mol. The number of carbonyl (C=O) groups excluding carboxylic acids is 3. The fourth-order valence-corrected chi connectivity index (χ4v) is 8.78. The second-order valence-corrected chi connectivity index (χ2v) is 12.4. The number of aliphatic hydroxyl groups excluding tert-OH is 1. The topological polar surface area (TPSA) is 81.2 Å². The van der Waals surface area contributed by atoms with Crippen LogP contribution in [0.2, 0.25) is 5.02 Å². The van der Waals surface area contributed by atoms with Gasteiger partial charge in [-0.3, -0.25) is 14.4 Å². The van der Waals surface area contributed by atoms with E-state index in [2.05, 4.69) is 0 Å². The smallest absolute Gasteiger partial charge is 0.251 e. The number of carbonyl (C=O) groups is 3. The van der Waals surface area contributed by atoms with Crippen molar-refractivity contribution in [2.75, 3.05) is 31.6 Å². The Kier molecular flexibility index (Phi) is 5.85. The van der Waals surface area contributed by atoms with Gasteiger partial charge in [-0.25, -0.2) is 0 Å². The van der Waals surface area contributed by atoms with E-state index in [1.54, 1.807) is 29.8 Å². The van der Waals surface area contributed by atoms with E-state index in [0.29, 0.717) is 23.8 Å². The summed E-state index contributed by atoms with van der Waals surface area (Å²) in [6.07, 6.45) is 7.89. The third-order valence-electron chi connectivity index (χ3n) is 7.89. The van der Waals surface area contributed by atoms with Gasteiger partial charge in [0.25, 0.3) is 5.91 Å². The Bertz CT molecular complexity index is 1150. The number of para-hydroxylation sites is 1. The summed E-state index contributed by atoms with van der Waals surface area (Å²) in [5.74, 6) is -1.94. The lowest BCUT2D eigenvalue weighted by Crippen LogP contribution is -2.56. The molecule has 6 atom stereocenters. The maximum Gasteiger partial charge on any atom is 0.251 e. The molecule has 1 N–H and O–H groups in total. The minimum absolute atomic E-state index is 0.0959. The number of halogens is 1. The summed E-state index contributed by atoms with van der Waals surface area (Å²) in [5, 5.41) is 10.5. The van der Waals surface area contributed by atoms with Crippen molar-refractivity contribution in [1.29, 1.82) is 0 Å². The van der Waals surface area contributed by atoms with Crippen LogP contribution in [-0.4, -0.2) is 80.9 Å². The molecular weight excluding hydrogens is 486 g/mol. The molecule has 4 aliphatic heterocycles. The first-order valence-electron chi connectivity index (χ1n) is 11.9. The standard InChI is InChI=1S/C26H30ClN3O4S/c1-15-8-5-9-17(27)20(15)29-13-7-11-26-19(23(33)30(16(2)14-31)21(26)24(29)34)18-22(32)28(4)12-6-10-25(18,3)35-26/h5-11,16,18-19,21,31H,12-14H2,1-4H3/t16-,18-,19+,21?,25+,26+/m1/s1. The number of likely N-dealkylation sites (N-methyl/N-ethyl adjacent to an activating group) is 1. The molecule has 3 amide bonds. The van der Waals surface area contributed by atoms with Gasteiger partial charge in [-0.15, -0.1) is 11.8 Å². The number of fused-ring (bicyclic) bond motifs is 2. The van der Waals surface area contributed by atoms with Gasteiger partial charge in [-0.2, -0.15) is 0 Å². The minimum atomic E-state index is -0.945. The summed E-state index contributed by atoms with van der Waals surface area (Å²) in [5.41, 5.74) is 1.47. The molecular formula is C26H30ClN3O4S. The van der Waals surface area contributed by atoms with Crippen molar-refractivity contribution in [2.45, 2.75) is 42.3 Å². The lowest BCUT2D eigenvalue weighted by Gasteiger charge is -2.39. The summed E-state index contributed by atoms with van der Waals surface area (Å²) in [7, 11) is 1.75. The number of thioether (sulfide) groups is 1. The second kappa shape index (κ2) is 8.39. The zero-order chi connectivity index (χ0) is 25.3. The first kappa shape index (κ1) is 24.4. The van der Waals surface area contributed by atoms with Crippen molar-refractivity contribution >= 4 is 46.8 Å². The average molecular weight is 516 g/mol. The van der Waals surface area contributed by atoms with Gasteiger partial charge in [0.15, 0.2) is 0 Å². The largest absolute Gasteiger partial charge is 0.394 e. The highest BCUT2D eigenvalue weighted by molar-refractivity contribution is 8.02. The van der Waals surface area contributed by atoms with Crippen LogP contribution in [0, 0.1) is 18.8 Å². The number of hydrogen-bond acceptors (Lipinski definition) is 5. The van der Waals surface area contributed by atoms with Crippen molar-refractivity contribution in [3.8, 4) is 0 Å². The first-order chi connectivity index (χ1) is 16.6. The van der Waals surface area contributed by atoms with Gasteiger partial charge < -0.3 is 19.8 Å². The van der Waals surface area contributed by atoms with Gasteiger partial charge >= 0.3 is 0 Å². The van der Waals surface area contributed by atoms with Crippen LogP contribution in [0.3, 0.4) is 0 Å². The maximum atomic E-state index is 14.4. The predicted molar refractivity (Wildman–Crippen MR) is 137 cm³/mol. The SMILES string of the molecule is Cc1cccc(Cl)c1N1CC=C[C@]23S[C@@]4(C)C=CCN(C)C(=O)[C@H]4[C@H]2C(=O)N([C@H](C)CO)C3C1=O. The molecule has 1 aromatic rings. The van der Waals surface area contributed by atoms with Gasteiger partial charge in [0, 0.05) is 24.9 Å². The molecule has 0 bridgehead atoms. The lowest BCUT2D eigenvalue weighted by molar-refractivity contribution is -0.144. The molecule has 35 heavy (non-hydrogen) atoms. The zero-order valence-corrected chi connectivity index (χ0v) is 21.8. The van der Waals surface area contributed by atoms with E-state index >= 15 is 0 Å². The molecule has 9 heteroatoms. The Morgan fingerprint density at radius 2 is 1.83 bits per heavy atom. The molecule has 0 aliphatic carbocycles. The van der Waals surface area contributed by atoms with Crippen LogP contribution in [0.1, 0.15) is 19.4 Å². The molecule has 0 radical (unpaired) electrons. The van der Waals surface area contributed by atoms with Gasteiger partial charge in [0.2, 0.25) is 11.8 Å². The molecule has 7 nitrogen and oxygen atoms in total. The highest BCUT2D eigenvalue weighted by Gasteiger charge is 2.74. The van der Waals surface area contributed by atoms with E-state index in [9.17, 15) is 19.5 Å². The third kappa shape index (κ3) is 3.33. The number of nitrogens with zero attached hydrogens (tertiary/aromatic N) is 3. The molecule has 0 saturated carbocycles. The van der Waals surface area contributed by atoms with Gasteiger partial charge in [0.1, 0.15) is 6.04 Å². The highest BCUT2D eigenvalue weighted by atomic mass is 35.5. The van der Waals surface area contributed by atoms with Crippen LogP contribution in [0.4, 0.5) is 5.69 Å². The van der Waals surface area contributed by atoms with Crippen LogP contribution < -0.4 is 4.90 Å². The van der Waals surface area contributed by atoms with Crippen LogP contribution in [0.15, 0.2) is 42.5 Å². The number of benzene rings is 1. The molecule has 1 unspecified atom stereocenters. The number of aliphatic hydroxyl groups is 1. The molecule has 4 heterocycles. The van der Waals surface area contributed by atoms with Crippen molar-refractivity contribution in [3.63, 3.8) is 0 Å². The van der Waals surface area contributed by atoms with Crippen molar-refractivity contribution in [3.05, 3.63) is 53.1 Å². The zero-order valence-electron chi connectivity index (χ0n) is 20.3. The van der Waals surface area contributed by atoms with Crippen LogP contribution in [0.5, 0.6) is 0 Å². The van der Waals surface area contributed by atoms with Crippen molar-refractivity contribution < 1.29 is 19.5 Å². The summed E-state index contributed by atoms with van der Waals surface area (Å²) in [6.45, 7) is 6.13. The van der Waals surface area contributed by atoms with Gasteiger partial charge in [-0.1, -0.05) is 48.0 Å². The van der Waals surface area contributed by atoms with E-state index in [1.165, 1.54) is 16.7 Å². The van der Waals surface area contributed by atoms with E-state index in [4.69, 9.17) is 11.6 Å². The number of aryl methyl sites for hydroxylation is 1. The maximum absolute atomic E-state index is 14.4. The Labute approximate surface area is 214 Å². The summed E-state index contributed by atoms with van der Waals surface area (Å²) < 4.78 is -1.59. The number of anilines is 1. The average Bonchev–Trinajstić information content (AvgIpc) is 3.10. The minimum Gasteiger partial charge on any atom is -0.394 e. The lowest BCUT2D eigenvalue weighted by atomic mass is 9.74. The molecule has 2 saturated heterocycles. The van der Waals surface area contributed by atoms with Crippen LogP contribution in [0.25, 0.3) is 0 Å². The normalized spacial score (nSPS) is 35.1. The summed E-state index contributed by atoms with van der Waals surface area (Å²) >= 11 is 8.09.